The molecule has 0 saturated heterocycles. The molecule has 18 heavy (non-hydrogen) atoms. The van der Waals surface area contributed by atoms with Crippen LogP contribution in [-0.4, -0.2) is 17.1 Å². The monoisotopic (exact) mass is 329 g/mol. The van der Waals surface area contributed by atoms with Crippen molar-refractivity contribution in [2.75, 3.05) is 12.8 Å². The van der Waals surface area contributed by atoms with Crippen LogP contribution in [0, 0.1) is 0 Å². The smallest absolute Gasteiger partial charge is 0.319 e. The summed E-state index contributed by atoms with van der Waals surface area (Å²) >= 11 is 9.27. The Morgan fingerprint density at radius 3 is 2.89 bits per heavy atom. The van der Waals surface area contributed by atoms with E-state index in [2.05, 4.69) is 25.9 Å². The first-order valence-corrected chi connectivity index (χ1v) is 6.07. The minimum absolute atomic E-state index is 0.175. The fraction of sp³-hybridized carbons (Fsp3) is 0.0909. The molecule has 94 valence electrons. The number of nitrogens with two attached hydrogens (primary N) is 1. The van der Waals surface area contributed by atoms with E-state index in [9.17, 15) is 0 Å². The normalized spacial score (nSPS) is 10.2. The van der Waals surface area contributed by atoms with Crippen molar-refractivity contribution in [3.05, 3.63) is 33.9 Å². The van der Waals surface area contributed by atoms with Crippen molar-refractivity contribution in [3.8, 4) is 17.6 Å². The number of anilines is 1. The van der Waals surface area contributed by atoms with Gasteiger partial charge in [0.15, 0.2) is 0 Å². The number of hydrogen-bond acceptors (Lipinski definition) is 5. The Kier molecular flexibility index (Phi) is 3.88. The molecule has 0 atom stereocenters. The van der Waals surface area contributed by atoms with Gasteiger partial charge in [0.05, 0.1) is 17.8 Å². The molecule has 0 aliphatic heterocycles. The fourth-order valence-corrected chi connectivity index (χ4v) is 1.69. The zero-order chi connectivity index (χ0) is 13.1. The lowest BCUT2D eigenvalue weighted by Crippen LogP contribution is -1.96. The Labute approximate surface area is 117 Å². The van der Waals surface area contributed by atoms with Crippen LogP contribution in [0.15, 0.2) is 28.9 Å². The maximum atomic E-state index is 5.94. The SMILES string of the molecule is COc1ncc(Cl)c(Oc2cccc(N)c2Br)n1. The summed E-state index contributed by atoms with van der Waals surface area (Å²) in [6.07, 6.45) is 1.41. The molecular formula is C11H9BrClN3O2. The molecular weight excluding hydrogens is 321 g/mol. The van der Waals surface area contributed by atoms with Gasteiger partial charge in [0.1, 0.15) is 10.8 Å². The van der Waals surface area contributed by atoms with E-state index in [1.54, 1.807) is 18.2 Å². The third-order valence-electron chi connectivity index (χ3n) is 2.07. The first-order chi connectivity index (χ1) is 8.61. The van der Waals surface area contributed by atoms with Crippen LogP contribution in [0.1, 0.15) is 0 Å². The van der Waals surface area contributed by atoms with E-state index in [1.165, 1.54) is 13.3 Å². The number of methoxy groups -OCH3 is 1. The molecule has 2 rings (SSSR count). The van der Waals surface area contributed by atoms with Crippen molar-refractivity contribution in [2.45, 2.75) is 0 Å². The van der Waals surface area contributed by atoms with Gasteiger partial charge < -0.3 is 15.2 Å². The van der Waals surface area contributed by atoms with E-state index >= 15 is 0 Å². The van der Waals surface area contributed by atoms with Gasteiger partial charge in [0.25, 0.3) is 0 Å². The summed E-state index contributed by atoms with van der Waals surface area (Å²) in [4.78, 5) is 7.87. The molecule has 0 radical (unpaired) electrons. The van der Waals surface area contributed by atoms with E-state index in [1.807, 2.05) is 0 Å². The van der Waals surface area contributed by atoms with E-state index in [-0.39, 0.29) is 16.9 Å². The molecule has 0 unspecified atom stereocenters. The Balaban J connectivity index is 2.36. The van der Waals surface area contributed by atoms with Gasteiger partial charge in [-0.15, -0.1) is 0 Å². The maximum absolute atomic E-state index is 5.94. The highest BCUT2D eigenvalue weighted by Gasteiger charge is 2.11. The number of nitrogens with zero attached hydrogens (tertiary/aromatic N) is 2. The van der Waals surface area contributed by atoms with E-state index < -0.39 is 0 Å². The van der Waals surface area contributed by atoms with Crippen molar-refractivity contribution in [2.24, 2.45) is 0 Å². The highest BCUT2D eigenvalue weighted by Crippen LogP contribution is 2.35. The summed E-state index contributed by atoms with van der Waals surface area (Å²) in [5.41, 5.74) is 6.31. The van der Waals surface area contributed by atoms with E-state index in [0.29, 0.717) is 15.9 Å². The quantitative estimate of drug-likeness (QED) is 0.875. The maximum Gasteiger partial charge on any atom is 0.319 e. The number of rotatable bonds is 3. The molecule has 0 bridgehead atoms. The highest BCUT2D eigenvalue weighted by atomic mass is 79.9. The Morgan fingerprint density at radius 2 is 2.17 bits per heavy atom. The predicted octanol–water partition coefficient (Wildman–Crippen LogP) is 3.28. The molecule has 0 fully saturated rings. The molecule has 0 aliphatic carbocycles. The van der Waals surface area contributed by atoms with Gasteiger partial charge in [-0.2, -0.15) is 4.98 Å². The van der Waals surface area contributed by atoms with Crippen molar-refractivity contribution >= 4 is 33.2 Å². The average Bonchev–Trinajstić information content (AvgIpc) is 2.37. The number of ether oxygens (including phenoxy) is 2. The van der Waals surface area contributed by atoms with Gasteiger partial charge in [-0.1, -0.05) is 17.7 Å². The van der Waals surface area contributed by atoms with Crippen LogP contribution < -0.4 is 15.2 Å². The molecule has 5 nitrogen and oxygen atoms in total. The van der Waals surface area contributed by atoms with Crippen LogP contribution in [0.2, 0.25) is 5.02 Å². The van der Waals surface area contributed by atoms with E-state index in [4.69, 9.17) is 26.8 Å². The van der Waals surface area contributed by atoms with Gasteiger partial charge in [0, 0.05) is 5.69 Å². The minimum Gasteiger partial charge on any atom is -0.467 e. The van der Waals surface area contributed by atoms with Gasteiger partial charge in [0.2, 0.25) is 5.88 Å². The molecule has 2 N–H and O–H groups in total. The minimum atomic E-state index is 0.175. The van der Waals surface area contributed by atoms with Gasteiger partial charge in [-0.3, -0.25) is 0 Å². The zero-order valence-corrected chi connectivity index (χ0v) is 11.7. The van der Waals surface area contributed by atoms with Crippen LogP contribution in [0.3, 0.4) is 0 Å². The molecule has 0 amide bonds. The second kappa shape index (κ2) is 5.41. The summed E-state index contributed by atoms with van der Waals surface area (Å²) in [5.74, 6) is 0.715. The number of nitrogen functional groups attached to an aromatic ring is 1. The van der Waals surface area contributed by atoms with Crippen LogP contribution in [0.5, 0.6) is 17.6 Å². The largest absolute Gasteiger partial charge is 0.467 e. The average molecular weight is 331 g/mol. The molecule has 0 saturated carbocycles. The number of aromatic nitrogens is 2. The van der Waals surface area contributed by atoms with E-state index in [0.717, 1.165) is 0 Å². The molecule has 0 aliphatic rings. The summed E-state index contributed by atoms with van der Waals surface area (Å²) in [5, 5.41) is 0.283. The zero-order valence-electron chi connectivity index (χ0n) is 9.35. The molecule has 1 aromatic heterocycles. The van der Waals surface area contributed by atoms with Crippen LogP contribution in [-0.2, 0) is 0 Å². The molecule has 7 heteroatoms. The van der Waals surface area contributed by atoms with Crippen molar-refractivity contribution < 1.29 is 9.47 Å². The Bertz CT molecular complexity index is 580. The third-order valence-corrected chi connectivity index (χ3v) is 3.18. The molecule has 1 aromatic carbocycles. The number of halogens is 2. The number of hydrogen-bond donors (Lipinski definition) is 1. The Morgan fingerprint density at radius 1 is 1.39 bits per heavy atom. The fourth-order valence-electron chi connectivity index (χ4n) is 1.22. The summed E-state index contributed by atoms with van der Waals surface area (Å²) in [6.45, 7) is 0. The number of benzene rings is 1. The predicted molar refractivity (Wildman–Crippen MR) is 72.2 cm³/mol. The summed E-state index contributed by atoms with van der Waals surface area (Å²) in [7, 11) is 1.46. The summed E-state index contributed by atoms with van der Waals surface area (Å²) < 4.78 is 11.1. The summed E-state index contributed by atoms with van der Waals surface area (Å²) in [6, 6.07) is 5.43. The lowest BCUT2D eigenvalue weighted by atomic mass is 10.3. The van der Waals surface area contributed by atoms with Crippen LogP contribution >= 0.6 is 27.5 Å². The molecule has 2 aromatic rings. The standard InChI is InChI=1S/C11H9BrClN3O2/c1-17-11-15-5-6(13)10(16-11)18-8-4-2-3-7(14)9(8)12/h2-5H,14H2,1H3. The lowest BCUT2D eigenvalue weighted by Gasteiger charge is -2.09. The second-order valence-corrected chi connectivity index (χ2v) is 4.47. The van der Waals surface area contributed by atoms with Gasteiger partial charge >= 0.3 is 6.01 Å². The van der Waals surface area contributed by atoms with Gasteiger partial charge in [-0.05, 0) is 28.1 Å². The van der Waals surface area contributed by atoms with Crippen molar-refractivity contribution in [1.82, 2.24) is 9.97 Å². The Hall–Kier alpha value is -1.53. The van der Waals surface area contributed by atoms with Gasteiger partial charge in [-0.25, -0.2) is 4.98 Å². The topological polar surface area (TPSA) is 70.3 Å². The molecule has 1 heterocycles. The van der Waals surface area contributed by atoms with Crippen molar-refractivity contribution in [1.29, 1.82) is 0 Å². The third kappa shape index (κ3) is 2.65. The second-order valence-electron chi connectivity index (χ2n) is 3.27. The highest BCUT2D eigenvalue weighted by molar-refractivity contribution is 9.10. The van der Waals surface area contributed by atoms with Crippen LogP contribution in [0.25, 0.3) is 0 Å². The van der Waals surface area contributed by atoms with Crippen LogP contribution in [0.4, 0.5) is 5.69 Å². The molecule has 0 spiro atoms. The lowest BCUT2D eigenvalue weighted by molar-refractivity contribution is 0.366. The van der Waals surface area contributed by atoms with Crippen molar-refractivity contribution in [3.63, 3.8) is 0 Å². The first kappa shape index (κ1) is 12.9. The first-order valence-electron chi connectivity index (χ1n) is 4.90.